The first-order valence-corrected chi connectivity index (χ1v) is 24.4. The Morgan fingerprint density at radius 1 is 0.355 bits per heavy atom. The molecule has 12 aromatic carbocycles. The molecule has 0 saturated carbocycles. The van der Waals surface area contributed by atoms with Crippen LogP contribution >= 0.6 is 0 Å². The maximum Gasteiger partial charge on any atom is 0.195 e. The number of benzene rings is 12. The van der Waals surface area contributed by atoms with E-state index in [1.54, 1.807) is 60.7 Å². The van der Waals surface area contributed by atoms with E-state index in [4.69, 9.17) is 13.1 Å². The third kappa shape index (κ3) is 7.59. The van der Waals surface area contributed by atoms with E-state index in [2.05, 4.69) is 46.1 Å². The fourth-order valence-corrected chi connectivity index (χ4v) is 10.9. The van der Waals surface area contributed by atoms with Gasteiger partial charge in [0.05, 0.1) is 59.2 Å². The predicted octanol–water partition coefficient (Wildman–Crippen LogP) is 19.3. The SMILES string of the molecule is [C-]#[N+]c1ccccc1-c1ccc(F)c(N(c2ccccc2)c2ccc3ccc4c(N(c5ccccc5)c5c(F)ccc(-c6ccccc6C#N)c5-c5ccccc5C#N)ccc5ccc2c3c54)c1-c1ccccc1[N+]#[C-]. The molecule has 0 N–H and O–H groups in total. The average molecular weight is 977 g/mol. The van der Waals surface area contributed by atoms with Crippen LogP contribution in [0.3, 0.4) is 0 Å². The first kappa shape index (κ1) is 46.2. The fourth-order valence-electron chi connectivity index (χ4n) is 10.9. The molecule has 6 nitrogen and oxygen atoms in total. The van der Waals surface area contributed by atoms with Crippen LogP contribution < -0.4 is 9.80 Å². The Balaban J connectivity index is 1.17. The molecule has 0 aromatic heterocycles. The molecule has 76 heavy (non-hydrogen) atoms. The Kier molecular flexibility index (Phi) is 11.7. The Morgan fingerprint density at radius 3 is 1.24 bits per heavy atom. The highest BCUT2D eigenvalue weighted by molar-refractivity contribution is 6.28. The highest BCUT2D eigenvalue weighted by atomic mass is 19.1. The molecule has 8 heteroatoms. The molecule has 0 aliphatic carbocycles. The molecule has 0 radical (unpaired) electrons. The van der Waals surface area contributed by atoms with E-state index in [1.165, 1.54) is 12.1 Å². The molecule has 0 atom stereocenters. The van der Waals surface area contributed by atoms with Crippen molar-refractivity contribution in [2.24, 2.45) is 0 Å². The van der Waals surface area contributed by atoms with Crippen LogP contribution in [0.25, 0.3) is 86.5 Å². The predicted molar refractivity (Wildman–Crippen MR) is 303 cm³/mol. The molecule has 12 aromatic rings. The summed E-state index contributed by atoms with van der Waals surface area (Å²) in [5.41, 5.74) is 8.69. The second kappa shape index (κ2) is 19.3. The number of rotatable bonds is 10. The second-order valence-corrected chi connectivity index (χ2v) is 18.1. The summed E-state index contributed by atoms with van der Waals surface area (Å²) in [4.78, 5) is 11.6. The molecular formula is C68H38F2N6. The number of hydrogen-bond acceptors (Lipinski definition) is 4. The van der Waals surface area contributed by atoms with Crippen molar-refractivity contribution in [1.29, 1.82) is 10.5 Å². The minimum absolute atomic E-state index is 0.187. The first-order chi connectivity index (χ1) is 37.4. The number of hydrogen-bond donors (Lipinski definition) is 0. The Hall–Kier alpha value is -10.9. The molecule has 354 valence electrons. The molecule has 0 amide bonds. The van der Waals surface area contributed by atoms with Gasteiger partial charge in [-0.3, -0.25) is 0 Å². The van der Waals surface area contributed by atoms with Gasteiger partial charge in [-0.15, -0.1) is 0 Å². The molecule has 0 aliphatic rings. The van der Waals surface area contributed by atoms with Crippen molar-refractivity contribution in [2.75, 3.05) is 9.80 Å². The minimum Gasteiger partial charge on any atom is -0.307 e. The van der Waals surface area contributed by atoms with E-state index in [-0.39, 0.29) is 11.4 Å². The summed E-state index contributed by atoms with van der Waals surface area (Å²) >= 11 is 0. The lowest BCUT2D eigenvalue weighted by Crippen LogP contribution is -2.15. The highest BCUT2D eigenvalue weighted by Crippen LogP contribution is 2.54. The summed E-state index contributed by atoms with van der Waals surface area (Å²) in [7, 11) is 0. The van der Waals surface area contributed by atoms with Gasteiger partial charge in [-0.2, -0.15) is 10.5 Å². The van der Waals surface area contributed by atoms with Gasteiger partial charge in [0.2, 0.25) is 0 Å². The van der Waals surface area contributed by atoms with Crippen LogP contribution in [-0.2, 0) is 0 Å². The van der Waals surface area contributed by atoms with Gasteiger partial charge >= 0.3 is 0 Å². The summed E-state index contributed by atoms with van der Waals surface area (Å²) in [6, 6.07) is 75.0. The van der Waals surface area contributed by atoms with E-state index in [9.17, 15) is 10.5 Å². The smallest absolute Gasteiger partial charge is 0.195 e. The zero-order valence-corrected chi connectivity index (χ0v) is 40.4. The number of nitriles is 2. The Morgan fingerprint density at radius 2 is 0.737 bits per heavy atom. The first-order valence-electron chi connectivity index (χ1n) is 24.4. The lowest BCUT2D eigenvalue weighted by molar-refractivity contribution is 0.629. The number of nitrogens with zero attached hydrogens (tertiary/aromatic N) is 6. The fraction of sp³-hybridized carbons (Fsp3) is 0. The minimum atomic E-state index is -0.546. The largest absolute Gasteiger partial charge is 0.307 e. The zero-order valence-electron chi connectivity index (χ0n) is 40.4. The van der Waals surface area contributed by atoms with Crippen molar-refractivity contribution in [3.8, 4) is 56.6 Å². The molecule has 12 rings (SSSR count). The molecule has 0 fully saturated rings. The van der Waals surface area contributed by atoms with Crippen molar-refractivity contribution < 1.29 is 8.78 Å². The van der Waals surface area contributed by atoms with Crippen LogP contribution in [0.4, 0.5) is 54.3 Å². The van der Waals surface area contributed by atoms with Crippen molar-refractivity contribution >= 4 is 77.8 Å². The molecule has 0 heterocycles. The molecular weight excluding hydrogens is 939 g/mol. The standard InChI is InChI=1S/C68H38F2N6/c1-73-59-27-15-13-25-51(59)53-36-38-58(70)68(66(53)54-26-14-16-28-60(54)74-2)76(48-21-7-4-8-22-48)62-40-32-44-29-33-55-61(39-31-43-30-34-56(62)64(44)63(43)55)75(47-19-5-3-6-20-47)67-57(69)37-35-52(49-23-11-9-17-45(49)41-71)65(67)50-24-12-10-18-46(50)42-72/h3-40H. The topological polar surface area (TPSA) is 62.8 Å². The molecule has 0 spiro atoms. The van der Waals surface area contributed by atoms with Crippen LogP contribution in [0.1, 0.15) is 11.1 Å². The quantitative estimate of drug-likeness (QED) is 0.101. The van der Waals surface area contributed by atoms with Crippen LogP contribution in [0.15, 0.2) is 231 Å². The van der Waals surface area contributed by atoms with E-state index in [0.29, 0.717) is 89.8 Å². The van der Waals surface area contributed by atoms with Gasteiger partial charge in [-0.1, -0.05) is 170 Å². The van der Waals surface area contributed by atoms with Gasteiger partial charge < -0.3 is 9.80 Å². The van der Waals surface area contributed by atoms with Gasteiger partial charge in [0, 0.05) is 44.4 Å². The van der Waals surface area contributed by atoms with E-state index in [1.807, 2.05) is 143 Å². The molecule has 0 saturated heterocycles. The van der Waals surface area contributed by atoms with Gasteiger partial charge in [0.1, 0.15) is 11.6 Å². The lowest BCUT2D eigenvalue weighted by Gasteiger charge is -2.32. The monoisotopic (exact) mass is 976 g/mol. The number of anilines is 6. The normalized spacial score (nSPS) is 11.0. The van der Waals surface area contributed by atoms with Crippen LogP contribution in [-0.4, -0.2) is 0 Å². The Labute approximate surface area is 437 Å². The highest BCUT2D eigenvalue weighted by Gasteiger charge is 2.31. The van der Waals surface area contributed by atoms with E-state index < -0.39 is 11.6 Å². The van der Waals surface area contributed by atoms with Crippen LogP contribution in [0.5, 0.6) is 0 Å². The second-order valence-electron chi connectivity index (χ2n) is 18.1. The van der Waals surface area contributed by atoms with Crippen molar-refractivity contribution in [2.45, 2.75) is 0 Å². The summed E-state index contributed by atoms with van der Waals surface area (Å²) in [5, 5.41) is 26.2. The van der Waals surface area contributed by atoms with Gasteiger partial charge in [-0.25, -0.2) is 18.5 Å². The summed E-state index contributed by atoms with van der Waals surface area (Å²) < 4.78 is 35.4. The number of halogens is 2. The van der Waals surface area contributed by atoms with Crippen molar-refractivity contribution in [3.63, 3.8) is 0 Å². The molecule has 0 aliphatic heterocycles. The van der Waals surface area contributed by atoms with E-state index >= 15 is 8.78 Å². The molecule has 0 unspecified atom stereocenters. The maximum atomic E-state index is 17.7. The zero-order chi connectivity index (χ0) is 51.9. The summed E-state index contributed by atoms with van der Waals surface area (Å²) in [6.07, 6.45) is 0. The average Bonchev–Trinajstić information content (AvgIpc) is 3.60. The van der Waals surface area contributed by atoms with Crippen LogP contribution in [0.2, 0.25) is 0 Å². The van der Waals surface area contributed by atoms with Gasteiger partial charge in [0.25, 0.3) is 0 Å². The van der Waals surface area contributed by atoms with Crippen LogP contribution in [0, 0.1) is 47.4 Å². The third-order valence-electron chi connectivity index (χ3n) is 14.1. The third-order valence-corrected chi connectivity index (χ3v) is 14.1. The van der Waals surface area contributed by atoms with Gasteiger partial charge in [-0.05, 0) is 104 Å². The Bertz CT molecular complexity index is 4160. The van der Waals surface area contributed by atoms with Gasteiger partial charge in [0.15, 0.2) is 11.4 Å². The molecule has 0 bridgehead atoms. The lowest BCUT2D eigenvalue weighted by atomic mass is 9.87. The maximum absolute atomic E-state index is 17.7. The van der Waals surface area contributed by atoms with E-state index in [0.717, 1.165) is 32.3 Å². The number of para-hydroxylation sites is 4. The summed E-state index contributed by atoms with van der Waals surface area (Å²) in [5.74, 6) is -1.08. The van der Waals surface area contributed by atoms with Crippen molar-refractivity contribution in [3.05, 3.63) is 276 Å². The van der Waals surface area contributed by atoms with Crippen molar-refractivity contribution in [1.82, 2.24) is 0 Å². The summed E-state index contributed by atoms with van der Waals surface area (Å²) in [6.45, 7) is 16.5.